The molecule has 3 N–H and O–H groups in total. The summed E-state index contributed by atoms with van der Waals surface area (Å²) in [5.41, 5.74) is 3.88. The smallest absolute Gasteiger partial charge is 0.396 e. The molecule has 0 aliphatic rings. The van der Waals surface area contributed by atoms with Crippen LogP contribution < -0.4 is 5.73 Å². The molecule has 1 aromatic rings. The fraction of sp³-hybridized carbons (Fsp3) is 0.400. The summed E-state index contributed by atoms with van der Waals surface area (Å²) in [5, 5.41) is 8.59. The Hall–Kier alpha value is -0.850. The third-order valence-electron chi connectivity index (χ3n) is 2.17. The summed E-state index contributed by atoms with van der Waals surface area (Å²) in [6, 6.07) is 2.00. The second-order valence-corrected chi connectivity index (χ2v) is 3.33. The monoisotopic (exact) mass is 273 g/mol. The van der Waals surface area contributed by atoms with Gasteiger partial charge >= 0.3 is 6.18 Å². The molecule has 1 rings (SSSR count). The maximum absolute atomic E-state index is 13.5. The molecule has 98 valence electrons. The third-order valence-corrected chi connectivity index (χ3v) is 2.17. The number of nitrogens with two attached hydrogens (primary N) is 1. The van der Waals surface area contributed by atoms with Crippen molar-refractivity contribution in [2.24, 2.45) is 5.73 Å². The molecule has 0 aliphatic carbocycles. The topological polar surface area (TPSA) is 46.2 Å². The van der Waals surface area contributed by atoms with Crippen molar-refractivity contribution in [2.45, 2.75) is 18.6 Å². The predicted molar refractivity (Wildman–Crippen MR) is 57.3 cm³/mol. The highest BCUT2D eigenvalue weighted by Gasteiger charge is 2.35. The maximum atomic E-state index is 13.5. The van der Waals surface area contributed by atoms with E-state index in [9.17, 15) is 17.6 Å². The van der Waals surface area contributed by atoms with Crippen molar-refractivity contribution in [1.29, 1.82) is 0 Å². The molecule has 0 fully saturated rings. The molecule has 0 unspecified atom stereocenters. The molecule has 2 nitrogen and oxygen atoms in total. The molecule has 7 heteroatoms. The lowest BCUT2D eigenvalue weighted by Crippen LogP contribution is -2.17. The van der Waals surface area contributed by atoms with Crippen molar-refractivity contribution < 1.29 is 22.7 Å². The molecule has 1 aromatic carbocycles. The van der Waals surface area contributed by atoms with Crippen molar-refractivity contribution in [3.63, 3.8) is 0 Å². The molecule has 0 aliphatic heterocycles. The Labute approximate surface area is 102 Å². The van der Waals surface area contributed by atoms with Crippen LogP contribution in [0.1, 0.15) is 23.6 Å². The zero-order valence-electron chi connectivity index (χ0n) is 8.67. The molecule has 17 heavy (non-hydrogen) atoms. The van der Waals surface area contributed by atoms with E-state index < -0.39 is 23.6 Å². The van der Waals surface area contributed by atoms with Crippen LogP contribution in [0.25, 0.3) is 0 Å². The first kappa shape index (κ1) is 16.1. The Bertz CT molecular complexity index is 370. The van der Waals surface area contributed by atoms with Gasteiger partial charge in [-0.1, -0.05) is 12.1 Å². The van der Waals surface area contributed by atoms with Crippen molar-refractivity contribution in [3.8, 4) is 0 Å². The van der Waals surface area contributed by atoms with E-state index in [-0.39, 0.29) is 31.0 Å². The summed E-state index contributed by atoms with van der Waals surface area (Å²) in [4.78, 5) is 0. The second kappa shape index (κ2) is 6.18. The molecule has 0 bridgehead atoms. The minimum atomic E-state index is -4.74. The molecule has 0 radical (unpaired) electrons. The van der Waals surface area contributed by atoms with Crippen LogP contribution in [0.3, 0.4) is 0 Å². The molecule has 0 amide bonds. The van der Waals surface area contributed by atoms with E-state index >= 15 is 0 Å². The highest BCUT2D eigenvalue weighted by atomic mass is 35.5. The van der Waals surface area contributed by atoms with Crippen molar-refractivity contribution >= 4 is 12.4 Å². The zero-order valence-corrected chi connectivity index (χ0v) is 9.48. The van der Waals surface area contributed by atoms with Gasteiger partial charge in [0, 0.05) is 18.2 Å². The first-order chi connectivity index (χ1) is 7.38. The first-order valence-electron chi connectivity index (χ1n) is 4.60. The van der Waals surface area contributed by atoms with Gasteiger partial charge in [0.2, 0.25) is 0 Å². The van der Waals surface area contributed by atoms with Crippen LogP contribution in [-0.4, -0.2) is 11.7 Å². The lowest BCUT2D eigenvalue weighted by atomic mass is 10.0. The minimum Gasteiger partial charge on any atom is -0.396 e. The fourth-order valence-corrected chi connectivity index (χ4v) is 1.35. The highest BCUT2D eigenvalue weighted by molar-refractivity contribution is 5.85. The largest absolute Gasteiger partial charge is 0.419 e. The van der Waals surface area contributed by atoms with Crippen molar-refractivity contribution in [1.82, 2.24) is 0 Å². The molecule has 0 spiro atoms. The van der Waals surface area contributed by atoms with Crippen LogP contribution in [0.2, 0.25) is 0 Å². The summed E-state index contributed by atoms with van der Waals surface area (Å²) in [7, 11) is 0. The van der Waals surface area contributed by atoms with E-state index in [0.29, 0.717) is 6.07 Å². The summed E-state index contributed by atoms with van der Waals surface area (Å²) in [6.07, 6.45) is -4.72. The number of alkyl halides is 3. The number of hydrogen-bond donors (Lipinski definition) is 2. The van der Waals surface area contributed by atoms with Gasteiger partial charge in [-0.3, -0.25) is 0 Å². The zero-order chi connectivity index (χ0) is 12.3. The van der Waals surface area contributed by atoms with Crippen LogP contribution in [0, 0.1) is 5.82 Å². The van der Waals surface area contributed by atoms with Crippen LogP contribution >= 0.6 is 12.4 Å². The van der Waals surface area contributed by atoms with Crippen LogP contribution in [-0.2, 0) is 6.18 Å². The van der Waals surface area contributed by atoms with Gasteiger partial charge in [-0.25, -0.2) is 4.39 Å². The van der Waals surface area contributed by atoms with Gasteiger partial charge in [-0.15, -0.1) is 12.4 Å². The van der Waals surface area contributed by atoms with E-state index in [1.807, 2.05) is 0 Å². The highest BCUT2D eigenvalue weighted by Crippen LogP contribution is 2.33. The van der Waals surface area contributed by atoms with Crippen LogP contribution in [0.5, 0.6) is 0 Å². The predicted octanol–water partition coefficient (Wildman–Crippen LogP) is 2.65. The van der Waals surface area contributed by atoms with E-state index in [1.54, 1.807) is 0 Å². The molecule has 1 atom stereocenters. The summed E-state index contributed by atoms with van der Waals surface area (Å²) < 4.78 is 50.5. The van der Waals surface area contributed by atoms with Gasteiger partial charge in [0.25, 0.3) is 0 Å². The molecule has 0 aromatic heterocycles. The van der Waals surface area contributed by atoms with Gasteiger partial charge < -0.3 is 10.8 Å². The average Bonchev–Trinajstić information content (AvgIpc) is 2.16. The molecular formula is C10H12ClF4NO. The molecule has 0 heterocycles. The lowest BCUT2D eigenvalue weighted by molar-refractivity contribution is -0.140. The number of benzene rings is 1. The molecule has 0 saturated heterocycles. The third kappa shape index (κ3) is 3.83. The Kier molecular flexibility index (Phi) is 5.87. The van der Waals surface area contributed by atoms with Gasteiger partial charge in [-0.05, 0) is 12.5 Å². The number of aliphatic hydroxyl groups is 1. The van der Waals surface area contributed by atoms with Gasteiger partial charge in [0.1, 0.15) is 5.82 Å². The summed E-state index contributed by atoms with van der Waals surface area (Å²) in [6.45, 7) is -0.309. The van der Waals surface area contributed by atoms with Gasteiger partial charge in [0.15, 0.2) is 0 Å². The maximum Gasteiger partial charge on any atom is 0.419 e. The Morgan fingerprint density at radius 1 is 1.29 bits per heavy atom. The minimum absolute atomic E-state index is 0. The second-order valence-electron chi connectivity index (χ2n) is 3.33. The van der Waals surface area contributed by atoms with E-state index in [0.717, 1.165) is 6.07 Å². The summed E-state index contributed by atoms with van der Waals surface area (Å²) >= 11 is 0. The number of aliphatic hydroxyl groups excluding tert-OH is 1. The normalized spacial score (nSPS) is 13.1. The van der Waals surface area contributed by atoms with Gasteiger partial charge in [-0.2, -0.15) is 13.2 Å². The quantitative estimate of drug-likeness (QED) is 0.832. The Morgan fingerprint density at radius 2 is 1.88 bits per heavy atom. The fourth-order valence-electron chi connectivity index (χ4n) is 1.35. The van der Waals surface area contributed by atoms with E-state index in [1.165, 1.54) is 6.07 Å². The average molecular weight is 274 g/mol. The van der Waals surface area contributed by atoms with Gasteiger partial charge in [0.05, 0.1) is 5.56 Å². The SMILES string of the molecule is Cl.N[C@@H](CCO)c1cccc(C(F)(F)F)c1F. The number of hydrogen-bond acceptors (Lipinski definition) is 2. The Morgan fingerprint density at radius 3 is 2.35 bits per heavy atom. The number of halogens is 5. The van der Waals surface area contributed by atoms with Crippen LogP contribution in [0.15, 0.2) is 18.2 Å². The Balaban J connectivity index is 0.00000256. The summed E-state index contributed by atoms with van der Waals surface area (Å²) in [5.74, 6) is -1.36. The van der Waals surface area contributed by atoms with E-state index in [4.69, 9.17) is 10.8 Å². The molecule has 0 saturated carbocycles. The van der Waals surface area contributed by atoms with E-state index in [2.05, 4.69) is 0 Å². The van der Waals surface area contributed by atoms with Crippen LogP contribution in [0.4, 0.5) is 17.6 Å². The van der Waals surface area contributed by atoms with Crippen molar-refractivity contribution in [2.75, 3.05) is 6.61 Å². The lowest BCUT2D eigenvalue weighted by Gasteiger charge is -2.15. The standard InChI is InChI=1S/C10H11F4NO.ClH/c11-9-6(8(15)4-5-16)2-1-3-7(9)10(12,13)14;/h1-3,8,16H,4-5,15H2;1H/t8-;/m0./s1. The number of rotatable bonds is 3. The first-order valence-corrected chi connectivity index (χ1v) is 4.60. The molecular weight excluding hydrogens is 262 g/mol. The van der Waals surface area contributed by atoms with Crippen molar-refractivity contribution in [3.05, 3.63) is 35.1 Å².